The molecule has 3 rings (SSSR count). The van der Waals surface area contributed by atoms with Crippen molar-refractivity contribution in [3.8, 4) is 0 Å². The van der Waals surface area contributed by atoms with E-state index in [1.807, 2.05) is 6.07 Å². The molecule has 1 heterocycles. The highest BCUT2D eigenvalue weighted by Crippen LogP contribution is 2.36. The van der Waals surface area contributed by atoms with Crippen LogP contribution in [-0.2, 0) is 19.3 Å². The molecule has 0 saturated carbocycles. The summed E-state index contributed by atoms with van der Waals surface area (Å²) in [5.41, 5.74) is 5.15. The maximum absolute atomic E-state index is 10.4. The van der Waals surface area contributed by atoms with E-state index in [0.29, 0.717) is 6.42 Å². The lowest BCUT2D eigenvalue weighted by atomic mass is 10.00. The van der Waals surface area contributed by atoms with E-state index in [1.54, 1.807) is 11.3 Å². The number of fused-ring (bicyclic) bond motifs is 1. The minimum absolute atomic E-state index is 0.448. The fourth-order valence-electron chi connectivity index (χ4n) is 2.67. The summed E-state index contributed by atoms with van der Waals surface area (Å²) in [6.45, 7) is 0. The number of hydrogen-bond acceptors (Lipinski definition) is 2. The third-order valence-corrected chi connectivity index (χ3v) is 6.02. The van der Waals surface area contributed by atoms with E-state index >= 15 is 0 Å². The molecule has 0 amide bonds. The van der Waals surface area contributed by atoms with Crippen LogP contribution in [0.4, 0.5) is 0 Å². The van der Waals surface area contributed by atoms with Crippen molar-refractivity contribution in [3.63, 3.8) is 0 Å². The molecule has 2 aromatic rings. The van der Waals surface area contributed by atoms with Crippen LogP contribution in [-0.4, -0.2) is 5.11 Å². The first kappa shape index (κ1) is 13.8. The van der Waals surface area contributed by atoms with Crippen LogP contribution in [0.15, 0.2) is 31.8 Å². The number of rotatable bonds is 3. The highest BCUT2D eigenvalue weighted by Gasteiger charge is 2.17. The quantitative estimate of drug-likeness (QED) is 0.763. The Morgan fingerprint density at radius 2 is 1.95 bits per heavy atom. The van der Waals surface area contributed by atoms with E-state index in [4.69, 9.17) is 0 Å². The van der Waals surface area contributed by atoms with Crippen molar-refractivity contribution >= 4 is 43.2 Å². The average molecular weight is 402 g/mol. The molecular formula is C15H14Br2OS. The molecular weight excluding hydrogens is 388 g/mol. The summed E-state index contributed by atoms with van der Waals surface area (Å²) >= 11 is 8.57. The molecule has 0 aliphatic heterocycles. The lowest BCUT2D eigenvalue weighted by Gasteiger charge is -2.11. The lowest BCUT2D eigenvalue weighted by molar-refractivity contribution is 0.178. The van der Waals surface area contributed by atoms with Crippen LogP contribution < -0.4 is 0 Å². The predicted octanol–water partition coefficient (Wildman–Crippen LogP) is 5.04. The van der Waals surface area contributed by atoms with Crippen LogP contribution in [0.25, 0.3) is 0 Å². The summed E-state index contributed by atoms with van der Waals surface area (Å²) in [4.78, 5) is 0. The van der Waals surface area contributed by atoms with Crippen molar-refractivity contribution < 1.29 is 5.11 Å². The highest BCUT2D eigenvalue weighted by atomic mass is 79.9. The minimum Gasteiger partial charge on any atom is -0.388 e. The van der Waals surface area contributed by atoms with Gasteiger partial charge in [-0.2, -0.15) is 0 Å². The molecule has 0 radical (unpaired) electrons. The molecule has 19 heavy (non-hydrogen) atoms. The van der Waals surface area contributed by atoms with Gasteiger partial charge in [-0.3, -0.25) is 0 Å². The summed E-state index contributed by atoms with van der Waals surface area (Å²) in [6, 6.07) is 8.64. The van der Waals surface area contributed by atoms with Gasteiger partial charge >= 0.3 is 0 Å². The number of hydrogen-bond donors (Lipinski definition) is 1. The van der Waals surface area contributed by atoms with E-state index in [2.05, 4.69) is 50.1 Å². The van der Waals surface area contributed by atoms with Gasteiger partial charge in [0.1, 0.15) is 0 Å². The summed E-state index contributed by atoms with van der Waals surface area (Å²) < 4.78 is 2.05. The molecule has 1 N–H and O–H groups in total. The largest absolute Gasteiger partial charge is 0.388 e. The molecule has 1 aliphatic rings. The Kier molecular flexibility index (Phi) is 4.13. The minimum atomic E-state index is -0.448. The third kappa shape index (κ3) is 2.97. The zero-order valence-corrected chi connectivity index (χ0v) is 14.3. The van der Waals surface area contributed by atoms with E-state index in [9.17, 15) is 5.11 Å². The normalized spacial score (nSPS) is 15.5. The zero-order chi connectivity index (χ0) is 13.4. The second-order valence-corrected chi connectivity index (χ2v) is 8.71. The molecule has 0 spiro atoms. The molecule has 0 bridgehead atoms. The van der Waals surface area contributed by atoms with Gasteiger partial charge in [-0.15, -0.1) is 11.3 Å². The molecule has 1 atom stereocenters. The summed E-state index contributed by atoms with van der Waals surface area (Å²) in [7, 11) is 0. The summed E-state index contributed by atoms with van der Waals surface area (Å²) in [5, 5.41) is 10.4. The molecule has 1 aromatic heterocycles. The van der Waals surface area contributed by atoms with Crippen molar-refractivity contribution in [2.45, 2.75) is 31.8 Å². The standard InChI is InChI=1S/C15H14Br2OS/c16-14-8-12(15(17)19-14)13(18)7-9-4-5-10-2-1-3-11(10)6-9/h4-6,8,13,18H,1-3,7H2. The highest BCUT2D eigenvalue weighted by molar-refractivity contribution is 9.12. The maximum Gasteiger partial charge on any atom is 0.0849 e. The number of aliphatic hydroxyl groups is 1. The molecule has 0 saturated heterocycles. The fraction of sp³-hybridized carbons (Fsp3) is 0.333. The van der Waals surface area contributed by atoms with Crippen LogP contribution in [0.3, 0.4) is 0 Å². The molecule has 1 aromatic carbocycles. The van der Waals surface area contributed by atoms with Gasteiger partial charge in [0.2, 0.25) is 0 Å². The predicted molar refractivity (Wildman–Crippen MR) is 86.8 cm³/mol. The third-order valence-electron chi connectivity index (χ3n) is 3.63. The average Bonchev–Trinajstić information content (AvgIpc) is 2.94. The first-order valence-corrected chi connectivity index (χ1v) is 8.77. The first-order valence-electron chi connectivity index (χ1n) is 6.37. The van der Waals surface area contributed by atoms with Crippen LogP contribution in [0.1, 0.15) is 34.8 Å². The molecule has 0 fully saturated rings. The fourth-order valence-corrected chi connectivity index (χ4v) is 5.62. The Bertz CT molecular complexity index is 606. The molecule has 4 heteroatoms. The second kappa shape index (κ2) is 5.68. The van der Waals surface area contributed by atoms with Gasteiger partial charge in [-0.25, -0.2) is 0 Å². The second-order valence-electron chi connectivity index (χ2n) is 4.96. The van der Waals surface area contributed by atoms with E-state index in [1.165, 1.54) is 36.0 Å². The Labute approximate surface area is 133 Å². The monoisotopic (exact) mass is 400 g/mol. The van der Waals surface area contributed by atoms with Crippen molar-refractivity contribution in [1.82, 2.24) is 0 Å². The van der Waals surface area contributed by atoms with Gasteiger partial charge in [0.05, 0.1) is 13.7 Å². The van der Waals surface area contributed by atoms with E-state index in [-0.39, 0.29) is 0 Å². The number of aliphatic hydroxyl groups excluding tert-OH is 1. The van der Waals surface area contributed by atoms with Crippen molar-refractivity contribution in [2.24, 2.45) is 0 Å². The van der Waals surface area contributed by atoms with Gasteiger partial charge in [-0.05, 0) is 73.9 Å². The van der Waals surface area contributed by atoms with Crippen molar-refractivity contribution in [3.05, 3.63) is 54.1 Å². The van der Waals surface area contributed by atoms with Gasteiger partial charge < -0.3 is 5.11 Å². The summed E-state index contributed by atoms with van der Waals surface area (Å²) in [5.74, 6) is 0. The smallest absolute Gasteiger partial charge is 0.0849 e. The van der Waals surface area contributed by atoms with Crippen LogP contribution in [0, 0.1) is 0 Å². The van der Waals surface area contributed by atoms with Crippen LogP contribution in [0.2, 0.25) is 0 Å². The number of thiophene rings is 1. The van der Waals surface area contributed by atoms with E-state index < -0.39 is 6.10 Å². The Morgan fingerprint density at radius 1 is 1.16 bits per heavy atom. The molecule has 1 nitrogen and oxygen atoms in total. The lowest BCUT2D eigenvalue weighted by Crippen LogP contribution is -2.01. The van der Waals surface area contributed by atoms with Gasteiger partial charge in [-0.1, -0.05) is 18.2 Å². The first-order chi connectivity index (χ1) is 9.13. The van der Waals surface area contributed by atoms with E-state index in [0.717, 1.165) is 13.1 Å². The maximum atomic E-state index is 10.4. The van der Waals surface area contributed by atoms with Gasteiger partial charge in [0.15, 0.2) is 0 Å². The Hall–Kier alpha value is -0.160. The van der Waals surface area contributed by atoms with Crippen molar-refractivity contribution in [2.75, 3.05) is 0 Å². The van der Waals surface area contributed by atoms with Crippen LogP contribution >= 0.6 is 43.2 Å². The SMILES string of the molecule is OC(Cc1ccc2c(c1)CCC2)c1cc(Br)sc1Br. The number of benzene rings is 1. The molecule has 100 valence electrons. The molecule has 1 aliphatic carbocycles. The van der Waals surface area contributed by atoms with Gasteiger partial charge in [0, 0.05) is 12.0 Å². The van der Waals surface area contributed by atoms with Crippen LogP contribution in [0.5, 0.6) is 0 Å². The summed E-state index contributed by atoms with van der Waals surface area (Å²) in [6.07, 6.45) is 3.89. The zero-order valence-electron chi connectivity index (χ0n) is 10.3. The Morgan fingerprint density at radius 3 is 2.68 bits per heavy atom. The number of aryl methyl sites for hydroxylation is 2. The molecule has 1 unspecified atom stereocenters. The Balaban J connectivity index is 1.79. The van der Waals surface area contributed by atoms with Gasteiger partial charge in [0.25, 0.3) is 0 Å². The topological polar surface area (TPSA) is 20.2 Å². The number of halogens is 2. The van der Waals surface area contributed by atoms with Crippen molar-refractivity contribution in [1.29, 1.82) is 0 Å².